The lowest BCUT2D eigenvalue weighted by Gasteiger charge is -2.14. The second-order valence-electron chi connectivity index (χ2n) is 5.37. The normalized spacial score (nSPS) is 19.0. The van der Waals surface area contributed by atoms with Gasteiger partial charge in [0.05, 0.1) is 11.8 Å². The molecule has 7 nitrogen and oxygen atoms in total. The van der Waals surface area contributed by atoms with Crippen molar-refractivity contribution in [3.05, 3.63) is 35.4 Å². The second kappa shape index (κ2) is 6.45. The van der Waals surface area contributed by atoms with Crippen molar-refractivity contribution >= 4 is 21.9 Å². The van der Waals surface area contributed by atoms with Crippen molar-refractivity contribution in [2.45, 2.75) is 6.42 Å². The third-order valence-corrected chi connectivity index (χ3v) is 4.93. The van der Waals surface area contributed by atoms with E-state index in [1.165, 1.54) is 34.8 Å². The first-order valence-electron chi connectivity index (χ1n) is 6.84. The summed E-state index contributed by atoms with van der Waals surface area (Å²) in [4.78, 5) is 22.7. The molecule has 2 N–H and O–H groups in total. The zero-order valence-electron chi connectivity index (χ0n) is 12.2. The van der Waals surface area contributed by atoms with Crippen LogP contribution in [0.4, 0.5) is 0 Å². The smallest absolute Gasteiger partial charge is 0.335 e. The number of nitrogens with one attached hydrogen (secondary N) is 1. The van der Waals surface area contributed by atoms with E-state index in [1.807, 2.05) is 0 Å². The van der Waals surface area contributed by atoms with E-state index in [0.29, 0.717) is 31.6 Å². The van der Waals surface area contributed by atoms with Gasteiger partial charge in [-0.15, -0.1) is 0 Å². The summed E-state index contributed by atoms with van der Waals surface area (Å²) in [6, 6.07) is 5.66. The number of carbonyl (C=O) groups is 2. The average molecular weight is 326 g/mol. The third kappa shape index (κ3) is 4.05. The van der Waals surface area contributed by atoms with Gasteiger partial charge in [0.15, 0.2) is 0 Å². The van der Waals surface area contributed by atoms with Crippen LogP contribution in [0, 0.1) is 5.92 Å². The molecule has 1 heterocycles. The minimum Gasteiger partial charge on any atom is -0.478 e. The van der Waals surface area contributed by atoms with Crippen LogP contribution in [0.3, 0.4) is 0 Å². The zero-order valence-corrected chi connectivity index (χ0v) is 13.0. The number of carboxylic acids is 1. The molecular formula is C14H18N2O5S. The maximum atomic E-state index is 12.0. The quantitative estimate of drug-likeness (QED) is 0.815. The number of rotatable bonds is 5. The highest BCUT2D eigenvalue weighted by molar-refractivity contribution is 7.88. The molecule has 1 aromatic rings. The molecule has 0 spiro atoms. The van der Waals surface area contributed by atoms with E-state index < -0.39 is 16.0 Å². The first-order valence-corrected chi connectivity index (χ1v) is 8.69. The van der Waals surface area contributed by atoms with E-state index in [2.05, 4.69) is 5.32 Å². The van der Waals surface area contributed by atoms with Crippen molar-refractivity contribution < 1.29 is 23.1 Å². The van der Waals surface area contributed by atoms with Crippen LogP contribution in [0.15, 0.2) is 24.3 Å². The molecule has 0 aromatic heterocycles. The number of nitrogens with zero attached hydrogens (tertiary/aromatic N) is 1. The number of sulfonamides is 1. The fourth-order valence-electron chi connectivity index (χ4n) is 2.37. The van der Waals surface area contributed by atoms with Crippen molar-refractivity contribution in [2.75, 3.05) is 25.9 Å². The van der Waals surface area contributed by atoms with Gasteiger partial charge in [-0.2, -0.15) is 0 Å². The number of aromatic carboxylic acids is 1. The van der Waals surface area contributed by atoms with Crippen LogP contribution in [0.5, 0.6) is 0 Å². The molecule has 22 heavy (non-hydrogen) atoms. The van der Waals surface area contributed by atoms with Gasteiger partial charge >= 0.3 is 5.97 Å². The van der Waals surface area contributed by atoms with Gasteiger partial charge in [-0.1, -0.05) is 0 Å². The molecule has 0 saturated carbocycles. The predicted octanol–water partition coefficient (Wildman–Crippen LogP) is 0.396. The van der Waals surface area contributed by atoms with Crippen LogP contribution in [-0.2, 0) is 10.0 Å². The Morgan fingerprint density at radius 2 is 1.86 bits per heavy atom. The first-order chi connectivity index (χ1) is 10.3. The molecule has 8 heteroatoms. The van der Waals surface area contributed by atoms with Gasteiger partial charge < -0.3 is 10.4 Å². The van der Waals surface area contributed by atoms with E-state index in [4.69, 9.17) is 5.11 Å². The molecule has 1 aromatic carbocycles. The summed E-state index contributed by atoms with van der Waals surface area (Å²) >= 11 is 0. The van der Waals surface area contributed by atoms with Crippen molar-refractivity contribution in [1.29, 1.82) is 0 Å². The van der Waals surface area contributed by atoms with E-state index >= 15 is 0 Å². The maximum absolute atomic E-state index is 12.0. The van der Waals surface area contributed by atoms with Gasteiger partial charge in [-0.25, -0.2) is 17.5 Å². The lowest BCUT2D eigenvalue weighted by molar-refractivity contribution is 0.0696. The summed E-state index contributed by atoms with van der Waals surface area (Å²) in [5.41, 5.74) is 0.499. The Labute approximate surface area is 129 Å². The van der Waals surface area contributed by atoms with Crippen molar-refractivity contribution in [1.82, 2.24) is 9.62 Å². The number of carbonyl (C=O) groups excluding carboxylic acids is 1. The number of benzene rings is 1. The molecule has 1 atom stereocenters. The first kappa shape index (κ1) is 16.4. The molecule has 0 aliphatic carbocycles. The number of amides is 1. The Hall–Kier alpha value is -1.93. The topological polar surface area (TPSA) is 104 Å². The summed E-state index contributed by atoms with van der Waals surface area (Å²) in [5, 5.41) is 11.6. The summed E-state index contributed by atoms with van der Waals surface area (Å²) in [5.74, 6) is -1.24. The van der Waals surface area contributed by atoms with Crippen LogP contribution >= 0.6 is 0 Å². The van der Waals surface area contributed by atoms with Gasteiger partial charge in [0.25, 0.3) is 5.91 Å². The monoisotopic (exact) mass is 326 g/mol. The minimum atomic E-state index is -3.17. The minimum absolute atomic E-state index is 0.0944. The predicted molar refractivity (Wildman–Crippen MR) is 80.3 cm³/mol. The van der Waals surface area contributed by atoms with Crippen LogP contribution in [-0.4, -0.2) is 55.6 Å². The Balaban J connectivity index is 1.87. The number of hydrogen-bond acceptors (Lipinski definition) is 4. The van der Waals surface area contributed by atoms with Gasteiger partial charge in [0, 0.05) is 25.2 Å². The Morgan fingerprint density at radius 3 is 2.36 bits per heavy atom. The molecule has 1 amide bonds. The lowest BCUT2D eigenvalue weighted by atomic mass is 10.1. The van der Waals surface area contributed by atoms with E-state index in [1.54, 1.807) is 0 Å². The van der Waals surface area contributed by atoms with Crippen LogP contribution in [0.25, 0.3) is 0 Å². The van der Waals surface area contributed by atoms with Gasteiger partial charge in [0.2, 0.25) is 10.0 Å². The Morgan fingerprint density at radius 1 is 1.27 bits per heavy atom. The summed E-state index contributed by atoms with van der Waals surface area (Å²) in [6.07, 6.45) is 1.89. The molecule has 0 radical (unpaired) electrons. The summed E-state index contributed by atoms with van der Waals surface area (Å²) in [6.45, 7) is 1.29. The van der Waals surface area contributed by atoms with Gasteiger partial charge in [-0.05, 0) is 36.6 Å². The van der Waals surface area contributed by atoms with E-state index in [0.717, 1.165) is 0 Å². The molecule has 1 fully saturated rings. The molecule has 120 valence electrons. The third-order valence-electron chi connectivity index (χ3n) is 3.66. The summed E-state index contributed by atoms with van der Waals surface area (Å²) in [7, 11) is -3.17. The van der Waals surface area contributed by atoms with Crippen molar-refractivity contribution in [3.63, 3.8) is 0 Å². The van der Waals surface area contributed by atoms with Crippen molar-refractivity contribution in [3.8, 4) is 0 Å². The molecule has 0 bridgehead atoms. The van der Waals surface area contributed by atoms with Gasteiger partial charge in [0.1, 0.15) is 0 Å². The highest BCUT2D eigenvalue weighted by atomic mass is 32.2. The highest BCUT2D eigenvalue weighted by Crippen LogP contribution is 2.18. The Bertz CT molecular complexity index is 669. The largest absolute Gasteiger partial charge is 0.478 e. The lowest BCUT2D eigenvalue weighted by Crippen LogP contribution is -2.32. The van der Waals surface area contributed by atoms with Crippen molar-refractivity contribution in [2.24, 2.45) is 5.92 Å². The maximum Gasteiger partial charge on any atom is 0.335 e. The molecule has 1 unspecified atom stereocenters. The van der Waals surface area contributed by atoms with Crippen LogP contribution in [0.1, 0.15) is 27.1 Å². The van der Waals surface area contributed by atoms with E-state index in [9.17, 15) is 18.0 Å². The fraction of sp³-hybridized carbons (Fsp3) is 0.429. The van der Waals surface area contributed by atoms with Crippen LogP contribution < -0.4 is 5.32 Å². The molecule has 2 rings (SSSR count). The summed E-state index contributed by atoms with van der Waals surface area (Å²) < 4.78 is 24.2. The van der Waals surface area contributed by atoms with E-state index in [-0.39, 0.29) is 17.4 Å². The fourth-order valence-corrected chi connectivity index (χ4v) is 3.29. The standard InChI is InChI=1S/C14H18N2O5S/c1-22(20,21)16-7-6-10(9-16)8-15-13(17)11-2-4-12(5-3-11)14(18)19/h2-5,10H,6-9H2,1H3,(H,15,17)(H,18,19). The number of carboxylic acid groups (broad SMARTS) is 1. The average Bonchev–Trinajstić information content (AvgIpc) is 2.94. The second-order valence-corrected chi connectivity index (χ2v) is 7.35. The Kier molecular flexibility index (Phi) is 4.82. The number of hydrogen-bond donors (Lipinski definition) is 2. The molecule has 1 saturated heterocycles. The highest BCUT2D eigenvalue weighted by Gasteiger charge is 2.28. The molecule has 1 aliphatic heterocycles. The molecular weight excluding hydrogens is 308 g/mol. The zero-order chi connectivity index (χ0) is 16.3. The van der Waals surface area contributed by atoms with Crippen LogP contribution in [0.2, 0.25) is 0 Å². The molecule has 1 aliphatic rings. The SMILES string of the molecule is CS(=O)(=O)N1CCC(CNC(=O)c2ccc(C(=O)O)cc2)C1. The van der Waals surface area contributed by atoms with Gasteiger partial charge in [-0.3, -0.25) is 4.79 Å².